The molecule has 3 rings (SSSR count). The molecule has 30 heavy (non-hydrogen) atoms. The highest BCUT2D eigenvalue weighted by Crippen LogP contribution is 2.27. The van der Waals surface area contributed by atoms with Crippen LogP contribution >= 0.6 is 11.8 Å². The van der Waals surface area contributed by atoms with Crippen molar-refractivity contribution in [1.82, 2.24) is 19.5 Å². The molecule has 8 heteroatoms. The second kappa shape index (κ2) is 9.01. The van der Waals surface area contributed by atoms with E-state index in [2.05, 4.69) is 47.0 Å². The molecular weight excluding hydrogens is 401 g/mol. The minimum absolute atomic E-state index is 0.0507. The molecule has 2 N–H and O–H groups in total. The summed E-state index contributed by atoms with van der Waals surface area (Å²) in [6.45, 7) is 6.70. The van der Waals surface area contributed by atoms with Crippen LogP contribution in [0.15, 0.2) is 46.9 Å². The first-order valence-corrected chi connectivity index (χ1v) is 10.1. The first-order chi connectivity index (χ1) is 14.2. The molecule has 6 nitrogen and oxygen atoms in total. The number of terminal acetylenes is 1. The van der Waals surface area contributed by atoms with Crippen LogP contribution in [-0.4, -0.2) is 24.3 Å². The second-order valence-corrected chi connectivity index (χ2v) is 9.21. The Morgan fingerprint density at radius 2 is 2.17 bits per heavy atom. The molecular formula is C22H22FN5OS. The predicted molar refractivity (Wildman–Crippen MR) is 120 cm³/mol. The van der Waals surface area contributed by atoms with Crippen LogP contribution in [0.2, 0.25) is 0 Å². The van der Waals surface area contributed by atoms with Crippen molar-refractivity contribution in [3.63, 3.8) is 0 Å². The Morgan fingerprint density at radius 3 is 2.83 bits per heavy atom. The normalized spacial score (nSPS) is 11.6. The van der Waals surface area contributed by atoms with Crippen molar-refractivity contribution in [2.75, 3.05) is 5.32 Å². The maximum absolute atomic E-state index is 14.2. The van der Waals surface area contributed by atoms with Crippen molar-refractivity contribution in [2.45, 2.75) is 32.1 Å². The van der Waals surface area contributed by atoms with Gasteiger partial charge in [0.15, 0.2) is 5.82 Å². The van der Waals surface area contributed by atoms with Crippen LogP contribution < -0.4 is 10.9 Å². The van der Waals surface area contributed by atoms with E-state index in [1.807, 2.05) is 11.6 Å². The number of rotatable bonds is 6. The number of hydrogen-bond acceptors (Lipinski definition) is 5. The number of aromatic nitrogens is 4. The lowest BCUT2D eigenvalue weighted by atomic mass is 10.2. The van der Waals surface area contributed by atoms with E-state index in [0.29, 0.717) is 29.4 Å². The Balaban J connectivity index is 1.88. The molecule has 3 aromatic heterocycles. The third-order valence-electron chi connectivity index (χ3n) is 3.97. The van der Waals surface area contributed by atoms with Gasteiger partial charge >= 0.3 is 0 Å². The lowest BCUT2D eigenvalue weighted by Gasteiger charge is -2.14. The van der Waals surface area contributed by atoms with Gasteiger partial charge in [0.05, 0.1) is 11.9 Å². The molecule has 0 atom stereocenters. The van der Waals surface area contributed by atoms with E-state index in [0.717, 1.165) is 5.56 Å². The van der Waals surface area contributed by atoms with Gasteiger partial charge < -0.3 is 10.3 Å². The molecule has 0 bridgehead atoms. The fourth-order valence-corrected chi connectivity index (χ4v) is 3.20. The Kier molecular flexibility index (Phi) is 6.43. The minimum Gasteiger partial charge on any atom is -0.366 e. The van der Waals surface area contributed by atoms with Crippen LogP contribution in [0.3, 0.4) is 0 Å². The van der Waals surface area contributed by atoms with Gasteiger partial charge in [0, 0.05) is 41.4 Å². The quantitative estimate of drug-likeness (QED) is 0.456. The molecule has 0 unspecified atom stereocenters. The standard InChI is InChI=1S/C22H22FN5OS/c1-5-20-25-14-17(28(20)8-9-30-22(2,3)4)16-10-18(23)27-19(11-16)24-12-15-6-7-21(29)26-13-15/h1,6-11,13-14H,12H2,2-4H3,(H,24,27)(H,26,29)/b9-8+. The van der Waals surface area contributed by atoms with E-state index in [-0.39, 0.29) is 10.3 Å². The van der Waals surface area contributed by atoms with Crippen molar-refractivity contribution in [1.29, 1.82) is 0 Å². The van der Waals surface area contributed by atoms with Gasteiger partial charge in [0.1, 0.15) is 5.82 Å². The van der Waals surface area contributed by atoms with Crippen molar-refractivity contribution < 1.29 is 4.39 Å². The molecule has 0 spiro atoms. The van der Waals surface area contributed by atoms with Crippen LogP contribution in [0.5, 0.6) is 0 Å². The Bertz CT molecular complexity index is 1150. The summed E-state index contributed by atoms with van der Waals surface area (Å²) in [5.41, 5.74) is 1.90. The lowest BCUT2D eigenvalue weighted by molar-refractivity contribution is 0.585. The molecule has 0 aliphatic carbocycles. The molecule has 0 amide bonds. The van der Waals surface area contributed by atoms with Crippen LogP contribution in [-0.2, 0) is 6.54 Å². The monoisotopic (exact) mass is 423 g/mol. The van der Waals surface area contributed by atoms with Gasteiger partial charge in [-0.15, -0.1) is 18.2 Å². The number of anilines is 1. The van der Waals surface area contributed by atoms with Crippen LogP contribution in [0.4, 0.5) is 10.2 Å². The van der Waals surface area contributed by atoms with Gasteiger partial charge in [-0.25, -0.2) is 9.97 Å². The highest BCUT2D eigenvalue weighted by molar-refractivity contribution is 8.03. The summed E-state index contributed by atoms with van der Waals surface area (Å²) < 4.78 is 16.0. The highest BCUT2D eigenvalue weighted by atomic mass is 32.2. The summed E-state index contributed by atoms with van der Waals surface area (Å²) in [7, 11) is 0. The molecule has 3 heterocycles. The highest BCUT2D eigenvalue weighted by Gasteiger charge is 2.13. The van der Waals surface area contributed by atoms with Gasteiger partial charge in [-0.05, 0) is 23.0 Å². The molecule has 0 aromatic carbocycles. The number of imidazole rings is 1. The zero-order chi connectivity index (χ0) is 21.7. The van der Waals surface area contributed by atoms with E-state index >= 15 is 0 Å². The molecule has 0 radical (unpaired) electrons. The zero-order valence-electron chi connectivity index (χ0n) is 16.9. The third kappa shape index (κ3) is 5.61. The van der Waals surface area contributed by atoms with Crippen LogP contribution in [0, 0.1) is 18.3 Å². The van der Waals surface area contributed by atoms with Crippen LogP contribution in [0.1, 0.15) is 32.2 Å². The Labute approximate surface area is 178 Å². The molecule has 0 saturated carbocycles. The Morgan fingerprint density at radius 1 is 1.37 bits per heavy atom. The molecule has 154 valence electrons. The number of halogens is 1. The smallest absolute Gasteiger partial charge is 0.247 e. The maximum Gasteiger partial charge on any atom is 0.247 e. The SMILES string of the molecule is C#Cc1ncc(-c2cc(F)nc(NCc3ccc(=O)[nH]c3)c2)n1/C=C/SC(C)(C)C. The molecule has 3 aromatic rings. The number of thioether (sulfide) groups is 1. The number of nitrogens with one attached hydrogen (secondary N) is 2. The number of aromatic amines is 1. The van der Waals surface area contributed by atoms with Crippen molar-refractivity contribution in [3.8, 4) is 23.6 Å². The van der Waals surface area contributed by atoms with Gasteiger partial charge in [-0.3, -0.25) is 9.36 Å². The maximum atomic E-state index is 14.2. The third-order valence-corrected chi connectivity index (χ3v) is 4.93. The topological polar surface area (TPSA) is 75.6 Å². The first kappa shape index (κ1) is 21.4. The van der Waals surface area contributed by atoms with Gasteiger partial charge in [0.25, 0.3) is 0 Å². The predicted octanol–water partition coefficient (Wildman–Crippen LogP) is 4.33. The summed E-state index contributed by atoms with van der Waals surface area (Å²) in [6.07, 6.45) is 10.6. The number of H-pyrrole nitrogens is 1. The average molecular weight is 424 g/mol. The van der Waals surface area contributed by atoms with Crippen LogP contribution in [0.25, 0.3) is 17.5 Å². The van der Waals surface area contributed by atoms with Crippen molar-refractivity contribution in [2.24, 2.45) is 0 Å². The largest absolute Gasteiger partial charge is 0.366 e. The number of nitrogens with zero attached hydrogens (tertiary/aromatic N) is 3. The van der Waals surface area contributed by atoms with E-state index < -0.39 is 5.95 Å². The Hall–Kier alpha value is -3.31. The number of hydrogen-bond donors (Lipinski definition) is 2. The molecule has 0 saturated heterocycles. The fourth-order valence-electron chi connectivity index (χ4n) is 2.61. The zero-order valence-corrected chi connectivity index (χ0v) is 17.8. The van der Waals surface area contributed by atoms with Gasteiger partial charge in [-0.2, -0.15) is 4.39 Å². The average Bonchev–Trinajstić information content (AvgIpc) is 3.09. The van der Waals surface area contributed by atoms with Gasteiger partial charge in [0.2, 0.25) is 11.5 Å². The summed E-state index contributed by atoms with van der Waals surface area (Å²) in [6, 6.07) is 6.19. The molecule has 0 aliphatic heterocycles. The number of pyridine rings is 2. The second-order valence-electron chi connectivity index (χ2n) is 7.48. The first-order valence-electron chi connectivity index (χ1n) is 9.23. The summed E-state index contributed by atoms with van der Waals surface area (Å²) in [5.74, 6) is 2.71. The van der Waals surface area contributed by atoms with E-state index in [4.69, 9.17) is 6.42 Å². The molecule has 0 fully saturated rings. The van der Waals surface area contributed by atoms with Crippen molar-refractivity contribution in [3.05, 3.63) is 69.8 Å². The van der Waals surface area contributed by atoms with E-state index in [1.54, 1.807) is 40.9 Å². The molecule has 0 aliphatic rings. The van der Waals surface area contributed by atoms with Gasteiger partial charge in [-0.1, -0.05) is 26.8 Å². The fraction of sp³-hybridized carbons (Fsp3) is 0.227. The summed E-state index contributed by atoms with van der Waals surface area (Å²) in [4.78, 5) is 21.9. The van der Waals surface area contributed by atoms with E-state index in [9.17, 15) is 9.18 Å². The summed E-state index contributed by atoms with van der Waals surface area (Å²) >= 11 is 1.65. The van der Waals surface area contributed by atoms with Crippen molar-refractivity contribution >= 4 is 23.8 Å². The minimum atomic E-state index is -0.625. The lowest BCUT2D eigenvalue weighted by Crippen LogP contribution is -2.07. The van der Waals surface area contributed by atoms with E-state index in [1.165, 1.54) is 12.1 Å². The summed E-state index contributed by atoms with van der Waals surface area (Å²) in [5, 5.41) is 5.01.